The van der Waals surface area contributed by atoms with E-state index in [1.165, 1.54) is 6.33 Å². The molecule has 0 radical (unpaired) electrons. The summed E-state index contributed by atoms with van der Waals surface area (Å²) in [4.78, 5) is 22.7. The summed E-state index contributed by atoms with van der Waals surface area (Å²) in [5, 5.41) is 2.83. The number of nitrogens with zero attached hydrogens (tertiary/aromatic N) is 3. The Hall–Kier alpha value is -2.63. The fourth-order valence-electron chi connectivity index (χ4n) is 2.19. The van der Waals surface area contributed by atoms with Gasteiger partial charge in [-0.1, -0.05) is 13.3 Å². The van der Waals surface area contributed by atoms with E-state index in [-0.39, 0.29) is 5.91 Å². The average Bonchev–Trinajstić information content (AvgIpc) is 2.61. The molecule has 1 aromatic carbocycles. The van der Waals surface area contributed by atoms with Crippen molar-refractivity contribution in [3.8, 4) is 5.75 Å². The topological polar surface area (TPSA) is 67.4 Å². The number of benzene rings is 1. The molecule has 1 amide bonds. The van der Waals surface area contributed by atoms with Gasteiger partial charge in [0.05, 0.1) is 6.61 Å². The summed E-state index contributed by atoms with van der Waals surface area (Å²) in [6, 6.07) is 8.96. The van der Waals surface area contributed by atoms with Gasteiger partial charge in [-0.3, -0.25) is 4.79 Å². The number of hydrogen-bond donors (Lipinski definition) is 1. The van der Waals surface area contributed by atoms with Crippen LogP contribution in [0, 0.1) is 0 Å². The van der Waals surface area contributed by atoms with Crippen LogP contribution in [0.5, 0.6) is 5.75 Å². The molecule has 24 heavy (non-hydrogen) atoms. The summed E-state index contributed by atoms with van der Waals surface area (Å²) in [7, 11) is 1.96. The number of unbranched alkanes of at least 4 members (excludes halogenated alkanes) is 1. The molecule has 0 unspecified atom stereocenters. The van der Waals surface area contributed by atoms with E-state index < -0.39 is 0 Å². The molecule has 0 saturated carbocycles. The second kappa shape index (κ2) is 8.86. The van der Waals surface area contributed by atoms with Crippen molar-refractivity contribution in [1.82, 2.24) is 9.97 Å². The van der Waals surface area contributed by atoms with Crippen molar-refractivity contribution >= 4 is 17.4 Å². The predicted molar refractivity (Wildman–Crippen MR) is 95.8 cm³/mol. The number of rotatable bonds is 8. The molecule has 0 spiro atoms. The van der Waals surface area contributed by atoms with Gasteiger partial charge in [0.25, 0.3) is 5.91 Å². The Kier molecular flexibility index (Phi) is 6.54. The summed E-state index contributed by atoms with van der Waals surface area (Å²) in [6.45, 7) is 5.58. The van der Waals surface area contributed by atoms with Crippen molar-refractivity contribution in [2.75, 3.05) is 30.4 Å². The lowest BCUT2D eigenvalue weighted by Crippen LogP contribution is -2.21. The molecule has 2 rings (SSSR count). The lowest BCUT2D eigenvalue weighted by Gasteiger charge is -2.17. The number of nitrogens with one attached hydrogen (secondary N) is 1. The molecule has 0 aliphatic heterocycles. The Balaban J connectivity index is 2.03. The Labute approximate surface area is 142 Å². The Morgan fingerprint density at radius 3 is 2.62 bits per heavy atom. The van der Waals surface area contributed by atoms with Crippen molar-refractivity contribution in [3.05, 3.63) is 42.4 Å². The van der Waals surface area contributed by atoms with Gasteiger partial charge < -0.3 is 15.0 Å². The molecule has 2 aromatic rings. The first-order valence-corrected chi connectivity index (χ1v) is 8.21. The van der Waals surface area contributed by atoms with Crippen molar-refractivity contribution < 1.29 is 9.53 Å². The van der Waals surface area contributed by atoms with Gasteiger partial charge in [-0.25, -0.2) is 9.97 Å². The van der Waals surface area contributed by atoms with Crippen LogP contribution in [0.25, 0.3) is 0 Å². The van der Waals surface area contributed by atoms with Crippen molar-refractivity contribution in [3.63, 3.8) is 0 Å². The van der Waals surface area contributed by atoms with E-state index in [4.69, 9.17) is 4.74 Å². The molecule has 6 heteroatoms. The van der Waals surface area contributed by atoms with Crippen LogP contribution in [0.3, 0.4) is 0 Å². The Morgan fingerprint density at radius 2 is 1.96 bits per heavy atom. The van der Waals surface area contributed by atoms with Crippen LogP contribution < -0.4 is 15.0 Å². The van der Waals surface area contributed by atoms with E-state index >= 15 is 0 Å². The summed E-state index contributed by atoms with van der Waals surface area (Å²) in [5.41, 5.74) is 1.04. The van der Waals surface area contributed by atoms with Gasteiger partial charge in [-0.2, -0.15) is 0 Å². The minimum Gasteiger partial charge on any atom is -0.494 e. The van der Waals surface area contributed by atoms with Crippen LogP contribution in [0.15, 0.2) is 36.7 Å². The lowest BCUT2D eigenvalue weighted by molar-refractivity contribution is 0.102. The lowest BCUT2D eigenvalue weighted by atomic mass is 10.2. The van der Waals surface area contributed by atoms with Crippen LogP contribution >= 0.6 is 0 Å². The van der Waals surface area contributed by atoms with Gasteiger partial charge in [0.1, 0.15) is 23.6 Å². The van der Waals surface area contributed by atoms with Crippen molar-refractivity contribution in [1.29, 1.82) is 0 Å². The fraction of sp³-hybridized carbons (Fsp3) is 0.389. The standard InChI is InChI=1S/C18H24N4O2/c1-4-6-11-22(3)17-12-16(19-13-20-17)18(23)21-14-7-9-15(10-8-14)24-5-2/h7-10,12-13H,4-6,11H2,1-3H3,(H,21,23). The molecule has 0 fully saturated rings. The first-order chi connectivity index (χ1) is 11.6. The highest BCUT2D eigenvalue weighted by Gasteiger charge is 2.11. The van der Waals surface area contributed by atoms with Crippen LogP contribution in [-0.2, 0) is 0 Å². The van der Waals surface area contributed by atoms with E-state index in [1.807, 2.05) is 31.0 Å². The largest absolute Gasteiger partial charge is 0.494 e. The van der Waals surface area contributed by atoms with Crippen LogP contribution in [0.4, 0.5) is 11.5 Å². The quantitative estimate of drug-likeness (QED) is 0.805. The van der Waals surface area contributed by atoms with Crippen molar-refractivity contribution in [2.45, 2.75) is 26.7 Å². The Morgan fingerprint density at radius 1 is 1.21 bits per heavy atom. The van der Waals surface area contributed by atoms with Gasteiger partial charge in [0.15, 0.2) is 0 Å². The zero-order chi connectivity index (χ0) is 17.4. The molecular weight excluding hydrogens is 304 g/mol. The zero-order valence-corrected chi connectivity index (χ0v) is 14.5. The number of carbonyl (C=O) groups excluding carboxylic acids is 1. The van der Waals surface area contributed by atoms with E-state index in [1.54, 1.807) is 18.2 Å². The third-order valence-electron chi connectivity index (χ3n) is 3.55. The van der Waals surface area contributed by atoms with E-state index in [2.05, 4.69) is 22.2 Å². The molecule has 0 atom stereocenters. The number of carbonyl (C=O) groups is 1. The average molecular weight is 328 g/mol. The third kappa shape index (κ3) is 4.94. The molecule has 0 aliphatic carbocycles. The molecule has 128 valence electrons. The van der Waals surface area contributed by atoms with E-state index in [0.29, 0.717) is 18.0 Å². The van der Waals surface area contributed by atoms with Gasteiger partial charge in [-0.05, 0) is 37.6 Å². The molecule has 1 heterocycles. The minimum atomic E-state index is -0.258. The molecule has 0 saturated heterocycles. The third-order valence-corrected chi connectivity index (χ3v) is 3.55. The van der Waals surface area contributed by atoms with Crippen LogP contribution in [0.2, 0.25) is 0 Å². The minimum absolute atomic E-state index is 0.258. The summed E-state index contributed by atoms with van der Waals surface area (Å²) in [5.74, 6) is 1.26. The second-order valence-corrected chi connectivity index (χ2v) is 5.45. The first kappa shape index (κ1) is 17.7. The monoisotopic (exact) mass is 328 g/mol. The zero-order valence-electron chi connectivity index (χ0n) is 14.5. The van der Waals surface area contributed by atoms with E-state index in [0.717, 1.165) is 31.0 Å². The van der Waals surface area contributed by atoms with Crippen LogP contribution in [0.1, 0.15) is 37.2 Å². The molecule has 1 aromatic heterocycles. The van der Waals surface area contributed by atoms with Crippen molar-refractivity contribution in [2.24, 2.45) is 0 Å². The number of hydrogen-bond acceptors (Lipinski definition) is 5. The summed E-state index contributed by atoms with van der Waals surface area (Å²) in [6.07, 6.45) is 3.61. The number of amides is 1. The van der Waals surface area contributed by atoms with Gasteiger partial charge in [-0.15, -0.1) is 0 Å². The molecule has 0 bridgehead atoms. The maximum Gasteiger partial charge on any atom is 0.274 e. The molecular formula is C18H24N4O2. The smallest absolute Gasteiger partial charge is 0.274 e. The second-order valence-electron chi connectivity index (χ2n) is 5.45. The highest BCUT2D eigenvalue weighted by atomic mass is 16.5. The maximum atomic E-state index is 12.4. The highest BCUT2D eigenvalue weighted by Crippen LogP contribution is 2.17. The number of aromatic nitrogens is 2. The van der Waals surface area contributed by atoms with Gasteiger partial charge in [0.2, 0.25) is 0 Å². The van der Waals surface area contributed by atoms with Gasteiger partial charge in [0, 0.05) is 25.3 Å². The molecule has 6 nitrogen and oxygen atoms in total. The number of anilines is 2. The number of ether oxygens (including phenoxy) is 1. The summed E-state index contributed by atoms with van der Waals surface area (Å²) < 4.78 is 5.39. The SMILES string of the molecule is CCCCN(C)c1cc(C(=O)Nc2ccc(OCC)cc2)ncn1. The highest BCUT2D eigenvalue weighted by molar-refractivity contribution is 6.03. The van der Waals surface area contributed by atoms with E-state index in [9.17, 15) is 4.79 Å². The van der Waals surface area contributed by atoms with Gasteiger partial charge >= 0.3 is 0 Å². The normalized spacial score (nSPS) is 10.3. The predicted octanol–water partition coefficient (Wildman–Crippen LogP) is 3.36. The fourth-order valence-corrected chi connectivity index (χ4v) is 2.19. The molecule has 1 N–H and O–H groups in total. The van der Waals surface area contributed by atoms with Crippen LogP contribution in [-0.4, -0.2) is 36.1 Å². The summed E-state index contributed by atoms with van der Waals surface area (Å²) >= 11 is 0. The molecule has 0 aliphatic rings. The first-order valence-electron chi connectivity index (χ1n) is 8.21. The Bertz CT molecular complexity index is 658. The maximum absolute atomic E-state index is 12.4.